The molecule has 1 aliphatic rings. The van der Waals surface area contributed by atoms with Crippen molar-refractivity contribution in [1.29, 1.82) is 5.41 Å². The number of aliphatic hydroxyl groups excluding tert-OH is 1. The third-order valence-corrected chi connectivity index (χ3v) is 5.88. The molecule has 0 unspecified atom stereocenters. The summed E-state index contributed by atoms with van der Waals surface area (Å²) in [7, 11) is 0. The molecule has 4 rings (SSSR count). The van der Waals surface area contributed by atoms with Crippen molar-refractivity contribution in [1.82, 2.24) is 34.6 Å². The van der Waals surface area contributed by atoms with E-state index in [9.17, 15) is 4.79 Å². The maximum absolute atomic E-state index is 11.5. The largest absolute Gasteiger partial charge is 0.387 e. The maximum atomic E-state index is 11.5. The summed E-state index contributed by atoms with van der Waals surface area (Å²) in [6.45, 7) is 4.87. The molecule has 168 valence electrons. The normalized spacial score (nSPS) is 14.8. The Kier molecular flexibility index (Phi) is 6.31. The van der Waals surface area contributed by atoms with Crippen LogP contribution in [0.2, 0.25) is 0 Å². The average Bonchev–Trinajstić information content (AvgIpc) is 3.45. The van der Waals surface area contributed by atoms with Gasteiger partial charge >= 0.3 is 0 Å². The number of likely N-dealkylation sites (tertiary alicyclic amines) is 1. The Hall–Kier alpha value is -3.53. The Balaban J connectivity index is 1.61. The molecule has 0 spiro atoms. The van der Waals surface area contributed by atoms with Crippen molar-refractivity contribution in [3.8, 4) is 11.3 Å². The zero-order valence-corrected chi connectivity index (χ0v) is 18.3. The van der Waals surface area contributed by atoms with E-state index in [1.54, 1.807) is 28.0 Å². The van der Waals surface area contributed by atoms with Crippen LogP contribution in [0.4, 0.5) is 0 Å². The second kappa shape index (κ2) is 9.31. The van der Waals surface area contributed by atoms with Gasteiger partial charge in [-0.05, 0) is 18.9 Å². The quantitative estimate of drug-likeness (QED) is 0.439. The standard InChI is InChI=1S/C22H28N8O2/c1-3-18(4-2)29-10-16(9-26-29)22-20-5-6-25-30(20)13-19(27-22)15(7-23)8-24-17-11-28(12-17)21(32)14-31/h5-10,13,17-18,23-24,31H,3-4,11-12,14H2,1-2H3/b15-8+,23-7?. The van der Waals surface area contributed by atoms with Gasteiger partial charge in [-0.3, -0.25) is 9.48 Å². The van der Waals surface area contributed by atoms with Crippen LogP contribution < -0.4 is 5.32 Å². The number of amides is 1. The van der Waals surface area contributed by atoms with Gasteiger partial charge in [0.05, 0.1) is 47.6 Å². The van der Waals surface area contributed by atoms with E-state index < -0.39 is 6.61 Å². The highest BCUT2D eigenvalue weighted by Crippen LogP contribution is 2.26. The summed E-state index contributed by atoms with van der Waals surface area (Å²) in [6, 6.07) is 2.33. The van der Waals surface area contributed by atoms with Gasteiger partial charge in [0, 0.05) is 42.8 Å². The van der Waals surface area contributed by atoms with Crippen LogP contribution in [0.5, 0.6) is 0 Å². The molecular formula is C22H28N8O2. The molecule has 1 aliphatic heterocycles. The van der Waals surface area contributed by atoms with Crippen LogP contribution >= 0.6 is 0 Å². The summed E-state index contributed by atoms with van der Waals surface area (Å²) >= 11 is 0. The molecule has 10 heteroatoms. The summed E-state index contributed by atoms with van der Waals surface area (Å²) < 4.78 is 3.75. The Morgan fingerprint density at radius 1 is 1.31 bits per heavy atom. The van der Waals surface area contributed by atoms with E-state index in [2.05, 4.69) is 29.4 Å². The third kappa shape index (κ3) is 4.13. The Bertz CT molecular complexity index is 1140. The van der Waals surface area contributed by atoms with Gasteiger partial charge in [0.2, 0.25) is 5.91 Å². The fourth-order valence-corrected chi connectivity index (χ4v) is 3.89. The van der Waals surface area contributed by atoms with Crippen LogP contribution in [-0.4, -0.2) is 72.2 Å². The molecule has 0 saturated carbocycles. The molecule has 0 atom stereocenters. The van der Waals surface area contributed by atoms with Gasteiger partial charge in [0.1, 0.15) is 6.61 Å². The number of hydrogen-bond donors (Lipinski definition) is 3. The smallest absolute Gasteiger partial charge is 0.248 e. The number of nitrogens with one attached hydrogen (secondary N) is 2. The second-order valence-electron chi connectivity index (χ2n) is 7.88. The van der Waals surface area contributed by atoms with Gasteiger partial charge < -0.3 is 20.7 Å². The molecule has 0 bridgehead atoms. The van der Waals surface area contributed by atoms with Crippen molar-refractivity contribution < 1.29 is 9.90 Å². The topological polar surface area (TPSA) is 124 Å². The van der Waals surface area contributed by atoms with E-state index >= 15 is 0 Å². The summed E-state index contributed by atoms with van der Waals surface area (Å²) in [5, 5.41) is 29.0. The first-order chi connectivity index (χ1) is 15.6. The number of aliphatic hydroxyl groups is 1. The Labute approximate surface area is 186 Å². The lowest BCUT2D eigenvalue weighted by Crippen LogP contribution is -2.59. The van der Waals surface area contributed by atoms with Gasteiger partial charge in [-0.1, -0.05) is 13.8 Å². The minimum absolute atomic E-state index is 0.0756. The molecule has 1 fully saturated rings. The maximum Gasteiger partial charge on any atom is 0.248 e. The van der Waals surface area contributed by atoms with E-state index in [4.69, 9.17) is 15.5 Å². The van der Waals surface area contributed by atoms with E-state index in [-0.39, 0.29) is 11.9 Å². The number of hydrogen-bond acceptors (Lipinski definition) is 7. The third-order valence-electron chi connectivity index (χ3n) is 5.88. The highest BCUT2D eigenvalue weighted by molar-refractivity contribution is 6.07. The molecular weight excluding hydrogens is 408 g/mol. The molecule has 1 amide bonds. The number of nitrogens with zero attached hydrogens (tertiary/aromatic N) is 6. The monoisotopic (exact) mass is 436 g/mol. The van der Waals surface area contributed by atoms with Crippen LogP contribution in [0.15, 0.2) is 37.1 Å². The summed E-state index contributed by atoms with van der Waals surface area (Å²) in [5.41, 5.74) is 3.74. The highest BCUT2D eigenvalue weighted by Gasteiger charge is 2.29. The number of carbonyl (C=O) groups is 1. The lowest BCUT2D eigenvalue weighted by atomic mass is 10.1. The fraction of sp³-hybridized carbons (Fsp3) is 0.409. The summed E-state index contributed by atoms with van der Waals surface area (Å²) in [5.74, 6) is -0.274. The minimum atomic E-state index is -0.473. The molecule has 4 heterocycles. The number of fused-ring (bicyclic) bond motifs is 1. The first kappa shape index (κ1) is 21.7. The van der Waals surface area contributed by atoms with Crippen molar-refractivity contribution in [2.24, 2.45) is 0 Å². The van der Waals surface area contributed by atoms with Crippen molar-refractivity contribution in [2.45, 2.75) is 38.8 Å². The molecule has 3 aromatic heterocycles. The van der Waals surface area contributed by atoms with Crippen LogP contribution in [0, 0.1) is 5.41 Å². The average molecular weight is 437 g/mol. The van der Waals surface area contributed by atoms with Gasteiger partial charge in [-0.15, -0.1) is 0 Å². The number of rotatable bonds is 9. The number of allylic oxidation sites excluding steroid dienone is 1. The van der Waals surface area contributed by atoms with Crippen LogP contribution in [0.25, 0.3) is 22.3 Å². The molecule has 0 aromatic carbocycles. The first-order valence-corrected chi connectivity index (χ1v) is 10.8. The van der Waals surface area contributed by atoms with Gasteiger partial charge in [-0.25, -0.2) is 9.50 Å². The van der Waals surface area contributed by atoms with Gasteiger partial charge in [0.15, 0.2) is 0 Å². The zero-order chi connectivity index (χ0) is 22.7. The van der Waals surface area contributed by atoms with Crippen molar-refractivity contribution in [2.75, 3.05) is 19.7 Å². The van der Waals surface area contributed by atoms with Crippen molar-refractivity contribution in [3.05, 3.63) is 42.7 Å². The first-order valence-electron chi connectivity index (χ1n) is 10.8. The molecule has 3 N–H and O–H groups in total. The number of aromatic nitrogens is 5. The van der Waals surface area contributed by atoms with Crippen LogP contribution in [0.3, 0.4) is 0 Å². The van der Waals surface area contributed by atoms with Gasteiger partial charge in [-0.2, -0.15) is 10.2 Å². The molecule has 32 heavy (non-hydrogen) atoms. The van der Waals surface area contributed by atoms with E-state index in [0.717, 1.165) is 29.6 Å². The molecule has 0 radical (unpaired) electrons. The lowest BCUT2D eigenvalue weighted by Gasteiger charge is -2.39. The molecule has 3 aromatic rings. The van der Waals surface area contributed by atoms with E-state index in [1.165, 1.54) is 6.21 Å². The fourth-order valence-electron chi connectivity index (χ4n) is 3.89. The summed E-state index contributed by atoms with van der Waals surface area (Å²) in [6.07, 6.45) is 12.4. The van der Waals surface area contributed by atoms with Gasteiger partial charge in [0.25, 0.3) is 0 Å². The zero-order valence-electron chi connectivity index (χ0n) is 18.3. The second-order valence-corrected chi connectivity index (χ2v) is 7.88. The minimum Gasteiger partial charge on any atom is -0.387 e. The predicted octanol–water partition coefficient (Wildman–Crippen LogP) is 1.74. The molecule has 0 aliphatic carbocycles. The Morgan fingerprint density at radius 2 is 2.09 bits per heavy atom. The highest BCUT2D eigenvalue weighted by atomic mass is 16.3. The molecule has 1 saturated heterocycles. The molecule has 10 nitrogen and oxygen atoms in total. The SMILES string of the molecule is CCC(CC)n1cc(-c2nc(/C(C=N)=C/NC3CN(C(=O)CO)C3)cn3nccc23)cn1. The lowest BCUT2D eigenvalue weighted by molar-refractivity contribution is -0.138. The van der Waals surface area contributed by atoms with Crippen LogP contribution in [-0.2, 0) is 4.79 Å². The number of carbonyl (C=O) groups excluding carboxylic acids is 1. The van der Waals surface area contributed by atoms with Crippen molar-refractivity contribution in [3.63, 3.8) is 0 Å². The van der Waals surface area contributed by atoms with E-state index in [0.29, 0.717) is 30.4 Å². The predicted molar refractivity (Wildman–Crippen MR) is 121 cm³/mol. The van der Waals surface area contributed by atoms with Crippen LogP contribution in [0.1, 0.15) is 38.4 Å². The van der Waals surface area contributed by atoms with Crippen molar-refractivity contribution >= 4 is 23.2 Å². The Morgan fingerprint density at radius 3 is 2.78 bits per heavy atom. The summed E-state index contributed by atoms with van der Waals surface area (Å²) in [4.78, 5) is 17.9. The van der Waals surface area contributed by atoms with E-state index in [1.807, 2.05) is 23.1 Å².